The SMILES string of the molecule is CC[Si](CC)(CC)OC([C@H]1CC[C@H](N)CC1)(C(F)(F)F)C(F)(F)F. The molecule has 0 saturated heterocycles. The zero-order valence-electron chi connectivity index (χ0n) is 14.4. The lowest BCUT2D eigenvalue weighted by Gasteiger charge is -2.49. The summed E-state index contributed by atoms with van der Waals surface area (Å²) in [6.07, 6.45) is -11.1. The summed E-state index contributed by atoms with van der Waals surface area (Å²) in [6.45, 7) is 4.86. The van der Waals surface area contributed by atoms with Crippen LogP contribution in [0.4, 0.5) is 26.3 Å². The Morgan fingerprint density at radius 3 is 1.50 bits per heavy atom. The molecule has 0 amide bonds. The van der Waals surface area contributed by atoms with Crippen LogP contribution in [0.1, 0.15) is 46.5 Å². The van der Waals surface area contributed by atoms with Crippen molar-refractivity contribution in [1.29, 1.82) is 0 Å². The maximum Gasteiger partial charge on any atom is 0.425 e. The molecule has 1 saturated carbocycles. The minimum absolute atomic E-state index is 0.154. The van der Waals surface area contributed by atoms with Crippen LogP contribution in [0, 0.1) is 5.92 Å². The van der Waals surface area contributed by atoms with Crippen molar-refractivity contribution >= 4 is 8.32 Å². The lowest BCUT2D eigenvalue weighted by molar-refractivity contribution is -0.380. The molecular formula is C15H27F6NOSi. The first-order chi connectivity index (χ1) is 10.9. The highest BCUT2D eigenvalue weighted by molar-refractivity contribution is 6.73. The average molecular weight is 379 g/mol. The number of alkyl halides is 6. The van der Waals surface area contributed by atoms with E-state index in [1.807, 2.05) is 0 Å². The van der Waals surface area contributed by atoms with E-state index in [4.69, 9.17) is 10.2 Å². The molecule has 24 heavy (non-hydrogen) atoms. The van der Waals surface area contributed by atoms with E-state index < -0.39 is 32.2 Å². The third-order valence-corrected chi connectivity index (χ3v) is 10.1. The summed E-state index contributed by atoms with van der Waals surface area (Å²) in [5.74, 6) is -1.63. The van der Waals surface area contributed by atoms with Crippen molar-refractivity contribution in [3.05, 3.63) is 0 Å². The third kappa shape index (κ3) is 3.93. The quantitative estimate of drug-likeness (QED) is 0.496. The van der Waals surface area contributed by atoms with Crippen LogP contribution in [0.25, 0.3) is 0 Å². The topological polar surface area (TPSA) is 35.2 Å². The van der Waals surface area contributed by atoms with E-state index in [2.05, 4.69) is 0 Å². The first-order valence-corrected chi connectivity index (χ1v) is 11.0. The molecule has 0 heterocycles. The molecule has 0 aromatic heterocycles. The number of nitrogens with two attached hydrogens (primary N) is 1. The Balaban J connectivity index is 3.43. The smallest absolute Gasteiger partial charge is 0.396 e. The first kappa shape index (κ1) is 21.8. The summed E-state index contributed by atoms with van der Waals surface area (Å²) < 4.78 is 88.3. The second-order valence-electron chi connectivity index (χ2n) is 6.69. The predicted octanol–water partition coefficient (Wildman–Crippen LogP) is 5.39. The van der Waals surface area contributed by atoms with E-state index in [0.29, 0.717) is 0 Å². The monoisotopic (exact) mass is 379 g/mol. The number of halogens is 6. The lowest BCUT2D eigenvalue weighted by atomic mass is 9.74. The molecule has 1 fully saturated rings. The van der Waals surface area contributed by atoms with Crippen LogP contribution < -0.4 is 5.73 Å². The summed E-state index contributed by atoms with van der Waals surface area (Å²) in [6, 6.07) is 0.325. The highest BCUT2D eigenvalue weighted by Crippen LogP contribution is 2.55. The van der Waals surface area contributed by atoms with Crippen molar-refractivity contribution in [2.45, 2.75) is 88.6 Å². The van der Waals surface area contributed by atoms with Gasteiger partial charge >= 0.3 is 12.4 Å². The molecule has 1 aliphatic rings. The molecule has 2 N–H and O–H groups in total. The van der Waals surface area contributed by atoms with E-state index in [-0.39, 0.29) is 49.9 Å². The molecule has 1 rings (SSSR count). The van der Waals surface area contributed by atoms with Gasteiger partial charge in [-0.1, -0.05) is 20.8 Å². The molecule has 144 valence electrons. The fourth-order valence-corrected chi connectivity index (χ4v) is 6.67. The zero-order chi connectivity index (χ0) is 18.8. The predicted molar refractivity (Wildman–Crippen MR) is 83.1 cm³/mol. The van der Waals surface area contributed by atoms with E-state index in [1.165, 1.54) is 0 Å². The molecule has 0 aromatic carbocycles. The highest BCUT2D eigenvalue weighted by Gasteiger charge is 2.76. The molecule has 0 unspecified atom stereocenters. The fourth-order valence-electron chi connectivity index (χ4n) is 3.66. The molecule has 0 aliphatic heterocycles. The van der Waals surface area contributed by atoms with Crippen LogP contribution >= 0.6 is 0 Å². The largest absolute Gasteiger partial charge is 0.425 e. The van der Waals surface area contributed by atoms with E-state index in [0.717, 1.165) is 0 Å². The van der Waals surface area contributed by atoms with Gasteiger partial charge in [0.2, 0.25) is 0 Å². The molecule has 0 bridgehead atoms. The molecule has 0 aromatic rings. The Bertz CT molecular complexity index is 377. The van der Waals surface area contributed by atoms with Gasteiger partial charge in [-0.2, -0.15) is 26.3 Å². The van der Waals surface area contributed by atoms with Crippen LogP contribution in [0.2, 0.25) is 18.1 Å². The summed E-state index contributed by atoms with van der Waals surface area (Å²) in [4.78, 5) is 0. The fraction of sp³-hybridized carbons (Fsp3) is 1.00. The molecule has 1 aliphatic carbocycles. The Kier molecular flexibility index (Phi) is 6.83. The van der Waals surface area contributed by atoms with Gasteiger partial charge in [0.25, 0.3) is 5.60 Å². The van der Waals surface area contributed by atoms with Crippen LogP contribution in [0.15, 0.2) is 0 Å². The van der Waals surface area contributed by atoms with E-state index in [1.54, 1.807) is 20.8 Å². The normalized spacial score (nSPS) is 24.2. The zero-order valence-corrected chi connectivity index (χ0v) is 15.4. The van der Waals surface area contributed by atoms with Crippen LogP contribution in [-0.2, 0) is 4.43 Å². The van der Waals surface area contributed by atoms with Crippen molar-refractivity contribution in [2.24, 2.45) is 11.7 Å². The summed E-state index contributed by atoms with van der Waals surface area (Å²) in [5.41, 5.74) is 1.59. The lowest BCUT2D eigenvalue weighted by Crippen LogP contribution is -2.68. The molecular weight excluding hydrogens is 352 g/mol. The molecule has 0 radical (unpaired) electrons. The second kappa shape index (κ2) is 7.53. The van der Waals surface area contributed by atoms with Gasteiger partial charge in [0.05, 0.1) is 0 Å². The maximum absolute atomic E-state index is 13.8. The number of hydrogen-bond acceptors (Lipinski definition) is 2. The van der Waals surface area contributed by atoms with Crippen molar-refractivity contribution in [3.8, 4) is 0 Å². The highest BCUT2D eigenvalue weighted by atomic mass is 28.4. The Hall–Kier alpha value is -0.283. The number of hydrogen-bond donors (Lipinski definition) is 1. The van der Waals surface area contributed by atoms with Crippen LogP contribution in [0.5, 0.6) is 0 Å². The minimum Gasteiger partial charge on any atom is -0.396 e. The van der Waals surface area contributed by atoms with Crippen molar-refractivity contribution < 1.29 is 30.8 Å². The maximum atomic E-state index is 13.8. The van der Waals surface area contributed by atoms with Crippen LogP contribution in [0.3, 0.4) is 0 Å². The van der Waals surface area contributed by atoms with Gasteiger partial charge in [-0.3, -0.25) is 0 Å². The standard InChI is InChI=1S/C15H27F6NOSi/c1-4-24(5-2,6-3)23-13(14(16,17)18,15(19,20)21)11-7-9-12(22)10-8-11/h11-12H,4-10,22H2,1-3H3/t11-,12-. The molecule has 2 nitrogen and oxygen atoms in total. The summed E-state index contributed by atoms with van der Waals surface area (Å²) >= 11 is 0. The van der Waals surface area contributed by atoms with Crippen molar-refractivity contribution in [2.75, 3.05) is 0 Å². The first-order valence-electron chi connectivity index (χ1n) is 8.48. The Labute approximate surface area is 140 Å². The minimum atomic E-state index is -5.50. The van der Waals surface area contributed by atoms with Crippen LogP contribution in [-0.4, -0.2) is 32.3 Å². The van der Waals surface area contributed by atoms with E-state index >= 15 is 0 Å². The van der Waals surface area contributed by atoms with Gasteiger partial charge in [-0.15, -0.1) is 0 Å². The summed E-state index contributed by atoms with van der Waals surface area (Å²) in [7, 11) is -3.14. The van der Waals surface area contributed by atoms with Gasteiger partial charge in [0, 0.05) is 12.0 Å². The van der Waals surface area contributed by atoms with Gasteiger partial charge in [0.1, 0.15) is 0 Å². The van der Waals surface area contributed by atoms with Gasteiger partial charge in [-0.25, -0.2) is 0 Å². The van der Waals surface area contributed by atoms with Crippen molar-refractivity contribution in [3.63, 3.8) is 0 Å². The average Bonchev–Trinajstić information content (AvgIpc) is 2.48. The third-order valence-electron chi connectivity index (χ3n) is 5.50. The molecule has 0 spiro atoms. The second-order valence-corrected chi connectivity index (χ2v) is 11.4. The Morgan fingerprint density at radius 1 is 0.833 bits per heavy atom. The number of rotatable bonds is 6. The summed E-state index contributed by atoms with van der Waals surface area (Å²) in [5, 5.41) is 0. The van der Waals surface area contributed by atoms with Gasteiger partial charge in [0.15, 0.2) is 8.32 Å². The van der Waals surface area contributed by atoms with Crippen molar-refractivity contribution in [1.82, 2.24) is 0 Å². The van der Waals surface area contributed by atoms with E-state index in [9.17, 15) is 26.3 Å². The Morgan fingerprint density at radius 2 is 1.21 bits per heavy atom. The van der Waals surface area contributed by atoms with Gasteiger partial charge in [-0.05, 0) is 43.8 Å². The molecule has 9 heteroatoms. The van der Waals surface area contributed by atoms with Gasteiger partial charge < -0.3 is 10.2 Å². The molecule has 0 atom stereocenters.